The zero-order valence-corrected chi connectivity index (χ0v) is 16.8. The molecule has 0 spiro atoms. The third-order valence-corrected chi connectivity index (χ3v) is 5.28. The summed E-state index contributed by atoms with van der Waals surface area (Å²) in [4.78, 5) is 38.9. The summed E-state index contributed by atoms with van der Waals surface area (Å²) in [5, 5.41) is 4.41. The summed E-state index contributed by atoms with van der Waals surface area (Å²) >= 11 is 6.17. The first kappa shape index (κ1) is 19.7. The molecule has 150 valence electrons. The molecule has 1 aliphatic rings. The number of hydrogen-bond donors (Lipinski definition) is 1. The Morgan fingerprint density at radius 1 is 1.00 bits per heavy atom. The van der Waals surface area contributed by atoms with Crippen LogP contribution in [0.4, 0.5) is 4.79 Å². The van der Waals surface area contributed by atoms with Gasteiger partial charge in [-0.25, -0.2) is 4.79 Å². The summed E-state index contributed by atoms with van der Waals surface area (Å²) in [5.41, 5.74) is 1.02. The number of barbiturate groups is 1. The van der Waals surface area contributed by atoms with Gasteiger partial charge < -0.3 is 4.74 Å². The minimum absolute atomic E-state index is 0.0539. The SMILES string of the molecule is COc1ccc2ccccc2c1C=C1C(=O)NC(=O)N(Cc2ccccc2Cl)C1=O. The number of halogens is 1. The highest BCUT2D eigenvalue weighted by molar-refractivity contribution is 6.32. The lowest BCUT2D eigenvalue weighted by Gasteiger charge is -2.27. The van der Waals surface area contributed by atoms with Crippen molar-refractivity contribution in [2.45, 2.75) is 6.54 Å². The number of rotatable bonds is 4. The Labute approximate surface area is 177 Å². The van der Waals surface area contributed by atoms with Gasteiger partial charge >= 0.3 is 6.03 Å². The standard InChI is InChI=1S/C23H17ClN2O4/c1-30-20-11-10-14-6-2-4-8-16(14)17(20)12-18-21(27)25-23(29)26(22(18)28)13-15-7-3-5-9-19(15)24/h2-12H,13H2,1H3,(H,25,27,29). The van der Waals surface area contributed by atoms with Crippen molar-refractivity contribution in [3.8, 4) is 5.75 Å². The van der Waals surface area contributed by atoms with Gasteiger partial charge in [-0.05, 0) is 34.5 Å². The van der Waals surface area contributed by atoms with Gasteiger partial charge in [-0.2, -0.15) is 0 Å². The Balaban J connectivity index is 1.79. The zero-order valence-electron chi connectivity index (χ0n) is 16.0. The Bertz CT molecular complexity index is 1220. The topological polar surface area (TPSA) is 75.7 Å². The first-order valence-electron chi connectivity index (χ1n) is 9.17. The molecule has 6 nitrogen and oxygen atoms in total. The monoisotopic (exact) mass is 420 g/mol. The number of carbonyl (C=O) groups excluding carboxylic acids is 3. The Hall–Kier alpha value is -3.64. The number of hydrogen-bond acceptors (Lipinski definition) is 4. The van der Waals surface area contributed by atoms with Crippen LogP contribution in [0.2, 0.25) is 5.02 Å². The predicted molar refractivity (Wildman–Crippen MR) is 114 cm³/mol. The molecule has 3 aromatic carbocycles. The molecule has 1 heterocycles. The maximum absolute atomic E-state index is 13.1. The maximum atomic E-state index is 13.1. The third-order valence-electron chi connectivity index (χ3n) is 4.91. The average molecular weight is 421 g/mol. The van der Waals surface area contributed by atoms with E-state index in [1.807, 2.05) is 30.3 Å². The second-order valence-electron chi connectivity index (χ2n) is 6.70. The average Bonchev–Trinajstić information content (AvgIpc) is 2.75. The Kier molecular flexibility index (Phi) is 5.25. The molecule has 0 aliphatic carbocycles. The van der Waals surface area contributed by atoms with Crippen LogP contribution in [-0.2, 0) is 16.1 Å². The number of amides is 4. The van der Waals surface area contributed by atoms with Gasteiger partial charge in [0.1, 0.15) is 11.3 Å². The fourth-order valence-electron chi connectivity index (χ4n) is 3.38. The molecule has 3 aromatic rings. The molecule has 0 unspecified atom stereocenters. The number of imide groups is 2. The number of fused-ring (bicyclic) bond motifs is 1. The van der Waals surface area contributed by atoms with E-state index in [2.05, 4.69) is 5.32 Å². The van der Waals surface area contributed by atoms with Gasteiger partial charge in [-0.15, -0.1) is 0 Å². The number of ether oxygens (including phenoxy) is 1. The van der Waals surface area contributed by atoms with Crippen molar-refractivity contribution in [3.05, 3.63) is 82.4 Å². The molecule has 0 atom stereocenters. The van der Waals surface area contributed by atoms with Crippen molar-refractivity contribution in [2.75, 3.05) is 7.11 Å². The maximum Gasteiger partial charge on any atom is 0.331 e. The quantitative estimate of drug-likeness (QED) is 0.508. The number of benzene rings is 3. The number of urea groups is 1. The molecule has 4 amide bonds. The van der Waals surface area contributed by atoms with Crippen LogP contribution < -0.4 is 10.1 Å². The van der Waals surface area contributed by atoms with Crippen molar-refractivity contribution in [1.29, 1.82) is 0 Å². The number of carbonyl (C=O) groups is 3. The van der Waals surface area contributed by atoms with Crippen molar-refractivity contribution in [3.63, 3.8) is 0 Å². The van der Waals surface area contributed by atoms with Crippen molar-refractivity contribution in [2.24, 2.45) is 0 Å². The third kappa shape index (κ3) is 3.53. The first-order valence-corrected chi connectivity index (χ1v) is 9.55. The minimum Gasteiger partial charge on any atom is -0.496 e. The molecule has 0 aromatic heterocycles. The lowest BCUT2D eigenvalue weighted by atomic mass is 9.99. The molecule has 1 fully saturated rings. The smallest absolute Gasteiger partial charge is 0.331 e. The van der Waals surface area contributed by atoms with Gasteiger partial charge in [0.25, 0.3) is 11.8 Å². The van der Waals surface area contributed by atoms with Crippen LogP contribution in [-0.4, -0.2) is 29.9 Å². The van der Waals surface area contributed by atoms with Gasteiger partial charge in [0.05, 0.1) is 13.7 Å². The van der Waals surface area contributed by atoms with E-state index in [1.54, 1.807) is 30.3 Å². The fraction of sp³-hybridized carbons (Fsp3) is 0.0870. The van der Waals surface area contributed by atoms with E-state index in [0.717, 1.165) is 15.7 Å². The van der Waals surface area contributed by atoms with Gasteiger partial charge in [-0.3, -0.25) is 19.8 Å². The summed E-state index contributed by atoms with van der Waals surface area (Å²) in [6.07, 6.45) is 1.46. The van der Waals surface area contributed by atoms with Crippen LogP contribution in [0, 0.1) is 0 Å². The second kappa shape index (κ2) is 8.00. The van der Waals surface area contributed by atoms with Crippen molar-refractivity contribution in [1.82, 2.24) is 10.2 Å². The van der Waals surface area contributed by atoms with Crippen LogP contribution in [0.3, 0.4) is 0 Å². The van der Waals surface area contributed by atoms with Crippen LogP contribution in [0.25, 0.3) is 16.8 Å². The summed E-state index contributed by atoms with van der Waals surface area (Å²) in [7, 11) is 1.52. The van der Waals surface area contributed by atoms with Gasteiger partial charge in [-0.1, -0.05) is 60.1 Å². The summed E-state index contributed by atoms with van der Waals surface area (Å²) < 4.78 is 5.44. The van der Waals surface area contributed by atoms with E-state index in [4.69, 9.17) is 16.3 Å². The van der Waals surface area contributed by atoms with E-state index >= 15 is 0 Å². The Morgan fingerprint density at radius 3 is 2.50 bits per heavy atom. The molecule has 30 heavy (non-hydrogen) atoms. The first-order chi connectivity index (χ1) is 14.5. The molecule has 1 saturated heterocycles. The van der Waals surface area contributed by atoms with Gasteiger partial charge in [0.2, 0.25) is 0 Å². The predicted octanol–water partition coefficient (Wildman–Crippen LogP) is 4.16. The van der Waals surface area contributed by atoms with Crippen LogP contribution in [0.5, 0.6) is 5.75 Å². The van der Waals surface area contributed by atoms with Crippen molar-refractivity contribution < 1.29 is 19.1 Å². The minimum atomic E-state index is -0.785. The summed E-state index contributed by atoms with van der Waals surface area (Å²) in [6.45, 7) is -0.0539. The van der Waals surface area contributed by atoms with Crippen LogP contribution in [0.1, 0.15) is 11.1 Å². The molecule has 0 radical (unpaired) electrons. The number of nitrogens with one attached hydrogen (secondary N) is 1. The number of methoxy groups -OCH3 is 1. The number of nitrogens with zero attached hydrogens (tertiary/aromatic N) is 1. The van der Waals surface area contributed by atoms with Crippen LogP contribution >= 0.6 is 11.6 Å². The molecule has 0 bridgehead atoms. The van der Waals surface area contributed by atoms with E-state index in [0.29, 0.717) is 21.9 Å². The summed E-state index contributed by atoms with van der Waals surface area (Å²) in [5.74, 6) is -0.939. The molecule has 0 saturated carbocycles. The molecular weight excluding hydrogens is 404 g/mol. The van der Waals surface area contributed by atoms with Crippen molar-refractivity contribution >= 4 is 46.3 Å². The van der Waals surface area contributed by atoms with E-state index in [9.17, 15) is 14.4 Å². The highest BCUT2D eigenvalue weighted by Crippen LogP contribution is 2.31. The summed E-state index contributed by atoms with van der Waals surface area (Å²) in [6, 6.07) is 17.3. The fourth-order valence-corrected chi connectivity index (χ4v) is 3.58. The van der Waals surface area contributed by atoms with E-state index in [-0.39, 0.29) is 12.1 Å². The zero-order chi connectivity index (χ0) is 21.3. The Morgan fingerprint density at radius 2 is 1.73 bits per heavy atom. The van der Waals surface area contributed by atoms with Gasteiger partial charge in [0.15, 0.2) is 0 Å². The second-order valence-corrected chi connectivity index (χ2v) is 7.11. The molecule has 1 N–H and O–H groups in total. The molecular formula is C23H17ClN2O4. The normalized spacial score (nSPS) is 15.6. The largest absolute Gasteiger partial charge is 0.496 e. The molecule has 1 aliphatic heterocycles. The lowest BCUT2D eigenvalue weighted by Crippen LogP contribution is -2.53. The van der Waals surface area contributed by atoms with E-state index < -0.39 is 17.8 Å². The molecule has 7 heteroatoms. The van der Waals surface area contributed by atoms with E-state index in [1.165, 1.54) is 13.2 Å². The molecule has 4 rings (SSSR count). The highest BCUT2D eigenvalue weighted by Gasteiger charge is 2.36. The van der Waals surface area contributed by atoms with Crippen LogP contribution in [0.15, 0.2) is 66.2 Å². The lowest BCUT2D eigenvalue weighted by molar-refractivity contribution is -0.130. The van der Waals surface area contributed by atoms with Gasteiger partial charge in [0, 0.05) is 10.6 Å². The highest BCUT2D eigenvalue weighted by atomic mass is 35.5.